The molecule has 0 fully saturated rings. The Bertz CT molecular complexity index is 213. The number of hydrogen-bond acceptors (Lipinski definition) is 12. The molecule has 0 aliphatic rings. The molecule has 18 heavy (non-hydrogen) atoms. The molecular formula is CNaO12P3Ti. The zero-order valence-corrected chi connectivity index (χ0v) is 14.5. The summed E-state index contributed by atoms with van der Waals surface area (Å²) in [6.45, 7) is 0. The summed E-state index contributed by atoms with van der Waals surface area (Å²) in [4.78, 5) is 76.9. The summed E-state index contributed by atoms with van der Waals surface area (Å²) in [7, 11) is -16.2. The van der Waals surface area contributed by atoms with Gasteiger partial charge in [0.1, 0.15) is 0 Å². The van der Waals surface area contributed by atoms with Crippen LogP contribution in [0.25, 0.3) is 0 Å². The van der Waals surface area contributed by atoms with Gasteiger partial charge >= 0.3 is 58.7 Å². The topological polar surface area (TPSA) is 259 Å². The molecule has 0 aliphatic carbocycles. The standard InChI is InChI=1S/C.Na.3H3O4P.Ti/c;;3*1-5(2,3)4;/h;;3*(H3,1,2,3,4);/q+4;+1;;;;+4/p-9. The van der Waals surface area contributed by atoms with Crippen molar-refractivity contribution in [3.05, 3.63) is 7.43 Å². The van der Waals surface area contributed by atoms with Crippen molar-refractivity contribution in [1.82, 2.24) is 0 Å². The van der Waals surface area contributed by atoms with Crippen molar-refractivity contribution in [1.29, 1.82) is 0 Å². The largest absolute Gasteiger partial charge is 4.00 e. The van der Waals surface area contributed by atoms with Crippen LogP contribution in [0.15, 0.2) is 0 Å². The summed E-state index contributed by atoms with van der Waals surface area (Å²) in [5.74, 6) is 0. The maximum Gasteiger partial charge on any atom is 4.00 e. The predicted molar refractivity (Wildman–Crippen MR) is 26.1 cm³/mol. The number of rotatable bonds is 0. The molecule has 0 bridgehead atoms. The predicted octanol–water partition coefficient (Wildman–Crippen LogP) is -11.4. The van der Waals surface area contributed by atoms with Crippen LogP contribution in [0, 0.1) is 7.43 Å². The molecule has 0 radical (unpaired) electrons. The van der Waals surface area contributed by atoms with Gasteiger partial charge in [-0.3, -0.25) is 0 Å². The monoisotopic (exact) mass is 368 g/mol. The summed E-state index contributed by atoms with van der Waals surface area (Å²) >= 11 is 0. The molecule has 0 amide bonds. The zero-order chi connectivity index (χ0) is 13.5. The first-order chi connectivity index (χ1) is 6.00. The van der Waals surface area contributed by atoms with Gasteiger partial charge in [-0.25, -0.2) is 0 Å². The SMILES string of the molecule is O=P([O-])([O-])[O-].O=P([O-])([O-])[O-].O=P([O-])([O-])[O-].[C+4].[Na+].[Ti+4]. The van der Waals surface area contributed by atoms with Gasteiger partial charge in [0.2, 0.25) is 0 Å². The van der Waals surface area contributed by atoms with Gasteiger partial charge < -0.3 is 57.7 Å². The Balaban J connectivity index is -0.0000000277. The Kier molecular flexibility index (Phi) is 31.6. The maximum atomic E-state index is 8.55. The third-order valence-corrected chi connectivity index (χ3v) is 0. The van der Waals surface area contributed by atoms with Crippen LogP contribution >= 0.6 is 23.5 Å². The van der Waals surface area contributed by atoms with Gasteiger partial charge in [0.15, 0.2) is 0 Å². The maximum absolute atomic E-state index is 8.55. The van der Waals surface area contributed by atoms with Crippen LogP contribution in [0.3, 0.4) is 0 Å². The summed E-state index contributed by atoms with van der Waals surface area (Å²) in [5, 5.41) is 0. The van der Waals surface area contributed by atoms with Crippen molar-refractivity contribution in [2.75, 3.05) is 0 Å². The second-order valence-corrected chi connectivity index (χ2v) is 4.02. The van der Waals surface area contributed by atoms with Crippen molar-refractivity contribution in [3.8, 4) is 0 Å². The van der Waals surface area contributed by atoms with Crippen molar-refractivity contribution >= 4 is 23.5 Å². The van der Waals surface area contributed by atoms with E-state index in [0.29, 0.717) is 0 Å². The molecular weight excluding hydrogens is 368 g/mol. The van der Waals surface area contributed by atoms with Gasteiger partial charge in [0, 0.05) is 0 Å². The van der Waals surface area contributed by atoms with Gasteiger partial charge in [-0.15, -0.1) is 0 Å². The number of hydrogen-bond donors (Lipinski definition) is 0. The van der Waals surface area contributed by atoms with E-state index in [4.69, 9.17) is 57.7 Å². The van der Waals surface area contributed by atoms with E-state index in [2.05, 4.69) is 0 Å². The summed E-state index contributed by atoms with van der Waals surface area (Å²) in [5.41, 5.74) is 0. The van der Waals surface area contributed by atoms with Gasteiger partial charge in [0.05, 0.1) is 0 Å². The first kappa shape index (κ1) is 36.9. The summed E-state index contributed by atoms with van der Waals surface area (Å²) in [6, 6.07) is 0. The van der Waals surface area contributed by atoms with E-state index in [9.17, 15) is 0 Å². The molecule has 0 heterocycles. The molecule has 0 saturated heterocycles. The molecule has 0 aromatic carbocycles. The molecule has 0 atom stereocenters. The first-order valence-electron chi connectivity index (χ1n) is 2.19. The third-order valence-electron chi connectivity index (χ3n) is 0. The molecule has 0 spiro atoms. The van der Waals surface area contributed by atoms with Gasteiger partial charge in [-0.2, -0.15) is 23.5 Å². The van der Waals surface area contributed by atoms with Crippen LogP contribution < -0.4 is 73.6 Å². The average molecular weight is 368 g/mol. The minimum absolute atomic E-state index is 0. The van der Waals surface area contributed by atoms with Crippen LogP contribution in [0.1, 0.15) is 0 Å². The fourth-order valence-corrected chi connectivity index (χ4v) is 0. The molecule has 17 heteroatoms. The van der Waals surface area contributed by atoms with Crippen LogP contribution in [0.5, 0.6) is 0 Å². The number of phosphoric acid groups is 3. The van der Waals surface area contributed by atoms with Crippen molar-refractivity contribution < 1.29 is 109 Å². The van der Waals surface area contributed by atoms with Gasteiger partial charge in [-0.1, -0.05) is 0 Å². The van der Waals surface area contributed by atoms with Crippen LogP contribution in [0.2, 0.25) is 0 Å². The van der Waals surface area contributed by atoms with Crippen LogP contribution in [0.4, 0.5) is 0 Å². The smallest absolute Gasteiger partial charge is 0.822 e. The molecule has 0 aromatic heterocycles. The van der Waals surface area contributed by atoms with Crippen molar-refractivity contribution in [2.45, 2.75) is 0 Å². The van der Waals surface area contributed by atoms with E-state index >= 15 is 0 Å². The fraction of sp³-hybridized carbons (Fsp3) is 0. The van der Waals surface area contributed by atoms with Gasteiger partial charge in [-0.05, 0) is 0 Å². The molecule has 96 valence electrons. The van der Waals surface area contributed by atoms with E-state index in [1.165, 1.54) is 0 Å². The van der Waals surface area contributed by atoms with Crippen molar-refractivity contribution in [3.63, 3.8) is 0 Å². The molecule has 0 unspecified atom stereocenters. The fourth-order valence-electron chi connectivity index (χ4n) is 0. The third kappa shape index (κ3) is 1250. The summed E-state index contributed by atoms with van der Waals surface area (Å²) < 4.78 is 25.6. The minimum Gasteiger partial charge on any atom is -0.822 e. The Morgan fingerprint density at radius 3 is 0.500 bits per heavy atom. The molecule has 12 nitrogen and oxygen atoms in total. The molecule has 0 aliphatic heterocycles. The van der Waals surface area contributed by atoms with E-state index in [1.54, 1.807) is 0 Å². The van der Waals surface area contributed by atoms with Crippen LogP contribution in [-0.4, -0.2) is 0 Å². The molecule has 0 rings (SSSR count). The van der Waals surface area contributed by atoms with Crippen LogP contribution in [-0.2, 0) is 35.4 Å². The Hall–Kier alpha value is 2.04. The van der Waals surface area contributed by atoms with E-state index in [-0.39, 0.29) is 58.7 Å². The molecule has 0 saturated carbocycles. The Morgan fingerprint density at radius 1 is 0.500 bits per heavy atom. The Labute approximate surface area is 139 Å². The second kappa shape index (κ2) is 15.4. The minimum atomic E-state index is -5.39. The Morgan fingerprint density at radius 2 is 0.500 bits per heavy atom. The van der Waals surface area contributed by atoms with E-state index in [1.807, 2.05) is 0 Å². The average Bonchev–Trinajstić information content (AvgIpc) is 1.41. The zero-order valence-electron chi connectivity index (χ0n) is 8.24. The second-order valence-electron chi connectivity index (χ2n) is 1.34. The van der Waals surface area contributed by atoms with E-state index in [0.717, 1.165) is 0 Å². The van der Waals surface area contributed by atoms with Crippen molar-refractivity contribution in [2.24, 2.45) is 0 Å². The normalized spacial score (nSPS) is 9.83. The molecule has 0 N–H and O–H groups in total. The quantitative estimate of drug-likeness (QED) is 0.285. The molecule has 0 aromatic rings. The first-order valence-corrected chi connectivity index (χ1v) is 6.57. The summed E-state index contributed by atoms with van der Waals surface area (Å²) in [6.07, 6.45) is 0. The van der Waals surface area contributed by atoms with E-state index < -0.39 is 23.5 Å². The van der Waals surface area contributed by atoms with Gasteiger partial charge in [0.25, 0.3) is 0 Å².